The third-order valence-electron chi connectivity index (χ3n) is 2.65. The molecular weight excluding hydrogens is 355 g/mol. The Balaban J connectivity index is 3.08. The second kappa shape index (κ2) is 7.53. The Morgan fingerprint density at radius 1 is 1.29 bits per heavy atom. The second-order valence-corrected chi connectivity index (χ2v) is 4.89. The third kappa shape index (κ3) is 5.11. The van der Waals surface area contributed by atoms with Gasteiger partial charge in [0.15, 0.2) is 0 Å². The highest BCUT2D eigenvalue weighted by Crippen LogP contribution is 2.27. The number of ether oxygens (including phenoxy) is 2. The Hall–Kier alpha value is -1.44. The van der Waals surface area contributed by atoms with E-state index in [1.54, 1.807) is 0 Å². The normalized spacial score (nSPS) is 11.1. The summed E-state index contributed by atoms with van der Waals surface area (Å²) in [6, 6.07) is 4.33. The Morgan fingerprint density at radius 2 is 1.95 bits per heavy atom. The highest BCUT2D eigenvalue weighted by molar-refractivity contribution is 9.09. The SMILES string of the molecule is COc1ccc(C(=O)N(CCBr)CC(F)(F)F)c(OC)c1. The summed E-state index contributed by atoms with van der Waals surface area (Å²) < 4.78 is 47.7. The number of alkyl halides is 4. The van der Waals surface area contributed by atoms with Crippen molar-refractivity contribution < 1.29 is 27.4 Å². The molecule has 1 amide bonds. The quantitative estimate of drug-likeness (QED) is 0.723. The fourth-order valence-electron chi connectivity index (χ4n) is 1.72. The van der Waals surface area contributed by atoms with Crippen LogP contribution in [-0.2, 0) is 0 Å². The van der Waals surface area contributed by atoms with Crippen LogP contribution >= 0.6 is 15.9 Å². The molecule has 0 aromatic heterocycles. The molecule has 1 aromatic carbocycles. The molecule has 0 aliphatic rings. The number of nitrogens with zero attached hydrogens (tertiary/aromatic N) is 1. The Bertz CT molecular complexity index is 494. The van der Waals surface area contributed by atoms with Gasteiger partial charge in [-0.25, -0.2) is 0 Å². The van der Waals surface area contributed by atoms with Crippen LogP contribution in [0.1, 0.15) is 10.4 Å². The molecule has 1 aromatic rings. The molecule has 0 N–H and O–H groups in total. The molecular formula is C13H15BrF3NO3. The topological polar surface area (TPSA) is 38.8 Å². The number of amides is 1. The first-order valence-corrected chi connectivity index (χ1v) is 7.08. The van der Waals surface area contributed by atoms with Crippen LogP contribution in [0.2, 0.25) is 0 Å². The minimum absolute atomic E-state index is 0.0588. The maximum atomic E-state index is 12.5. The van der Waals surface area contributed by atoms with E-state index in [9.17, 15) is 18.0 Å². The van der Waals surface area contributed by atoms with Crippen LogP contribution in [0, 0.1) is 0 Å². The van der Waals surface area contributed by atoms with Crippen molar-refractivity contribution in [3.63, 3.8) is 0 Å². The van der Waals surface area contributed by atoms with Crippen molar-refractivity contribution in [2.24, 2.45) is 0 Å². The summed E-state index contributed by atoms with van der Waals surface area (Å²) in [7, 11) is 2.78. The summed E-state index contributed by atoms with van der Waals surface area (Å²) in [6.45, 7) is -1.37. The van der Waals surface area contributed by atoms with Crippen LogP contribution in [0.5, 0.6) is 11.5 Å². The van der Waals surface area contributed by atoms with Crippen molar-refractivity contribution in [1.82, 2.24) is 4.90 Å². The van der Waals surface area contributed by atoms with Gasteiger partial charge in [0.2, 0.25) is 0 Å². The summed E-state index contributed by atoms with van der Waals surface area (Å²) in [5.74, 6) is -0.126. The Labute approximate surface area is 128 Å². The highest BCUT2D eigenvalue weighted by atomic mass is 79.9. The van der Waals surface area contributed by atoms with E-state index in [2.05, 4.69) is 15.9 Å². The summed E-state index contributed by atoms with van der Waals surface area (Å²) >= 11 is 3.04. The lowest BCUT2D eigenvalue weighted by Gasteiger charge is -2.24. The van der Waals surface area contributed by atoms with E-state index in [1.165, 1.54) is 32.4 Å². The first-order chi connectivity index (χ1) is 9.82. The Morgan fingerprint density at radius 3 is 2.43 bits per heavy atom. The minimum atomic E-state index is -4.46. The van der Waals surface area contributed by atoms with Crippen LogP contribution in [0.3, 0.4) is 0 Å². The number of rotatable bonds is 6. The summed E-state index contributed by atoms with van der Waals surface area (Å²) in [4.78, 5) is 13.0. The smallest absolute Gasteiger partial charge is 0.406 e. The summed E-state index contributed by atoms with van der Waals surface area (Å²) in [5.41, 5.74) is 0.0588. The average Bonchev–Trinajstić information content (AvgIpc) is 2.44. The van der Waals surface area contributed by atoms with Gasteiger partial charge in [0.05, 0.1) is 19.8 Å². The van der Waals surface area contributed by atoms with E-state index in [0.29, 0.717) is 5.75 Å². The lowest BCUT2D eigenvalue weighted by Crippen LogP contribution is -2.40. The second-order valence-electron chi connectivity index (χ2n) is 4.10. The average molecular weight is 370 g/mol. The Kier molecular flexibility index (Phi) is 6.32. The lowest BCUT2D eigenvalue weighted by molar-refractivity contribution is -0.140. The molecule has 0 fully saturated rings. The zero-order valence-electron chi connectivity index (χ0n) is 11.5. The molecule has 0 spiro atoms. The van der Waals surface area contributed by atoms with E-state index in [1.807, 2.05) is 0 Å². The molecule has 0 saturated carbocycles. The van der Waals surface area contributed by atoms with Crippen LogP contribution < -0.4 is 9.47 Å². The molecule has 8 heteroatoms. The number of hydrogen-bond donors (Lipinski definition) is 0. The van der Waals surface area contributed by atoms with Crippen LogP contribution in [0.4, 0.5) is 13.2 Å². The van der Waals surface area contributed by atoms with Crippen LogP contribution in [0.15, 0.2) is 18.2 Å². The number of methoxy groups -OCH3 is 2. The zero-order valence-corrected chi connectivity index (χ0v) is 13.1. The van der Waals surface area contributed by atoms with E-state index in [4.69, 9.17) is 9.47 Å². The molecule has 0 atom stereocenters. The first kappa shape index (κ1) is 17.6. The van der Waals surface area contributed by atoms with Gasteiger partial charge >= 0.3 is 6.18 Å². The molecule has 1 rings (SSSR count). The molecule has 0 bridgehead atoms. The standard InChI is InChI=1S/C13H15BrF3NO3/c1-20-9-3-4-10(11(7-9)21-2)12(19)18(6-5-14)8-13(15,16)17/h3-4,7H,5-6,8H2,1-2H3. The van der Waals surface area contributed by atoms with Gasteiger partial charge in [-0.15, -0.1) is 0 Å². The molecule has 21 heavy (non-hydrogen) atoms. The number of carbonyl (C=O) groups excluding carboxylic acids is 1. The fourth-order valence-corrected chi connectivity index (χ4v) is 2.14. The largest absolute Gasteiger partial charge is 0.497 e. The van der Waals surface area contributed by atoms with Gasteiger partial charge in [0.1, 0.15) is 18.0 Å². The summed E-state index contributed by atoms with van der Waals surface area (Å²) in [6.07, 6.45) is -4.46. The molecule has 0 heterocycles. The molecule has 0 aliphatic heterocycles. The van der Waals surface area contributed by atoms with E-state index in [-0.39, 0.29) is 23.2 Å². The van der Waals surface area contributed by atoms with Gasteiger partial charge in [-0.1, -0.05) is 15.9 Å². The van der Waals surface area contributed by atoms with Gasteiger partial charge in [0, 0.05) is 17.9 Å². The molecule has 0 saturated heterocycles. The van der Waals surface area contributed by atoms with Gasteiger partial charge in [-0.05, 0) is 12.1 Å². The van der Waals surface area contributed by atoms with Gasteiger partial charge in [0.25, 0.3) is 5.91 Å². The maximum absolute atomic E-state index is 12.5. The molecule has 0 unspecified atom stereocenters. The van der Waals surface area contributed by atoms with Crippen molar-refractivity contribution in [3.8, 4) is 11.5 Å². The molecule has 0 radical (unpaired) electrons. The van der Waals surface area contributed by atoms with E-state index in [0.717, 1.165) is 4.90 Å². The van der Waals surface area contributed by atoms with Crippen molar-refractivity contribution >= 4 is 21.8 Å². The number of halogens is 4. The highest BCUT2D eigenvalue weighted by Gasteiger charge is 2.33. The van der Waals surface area contributed by atoms with E-state index >= 15 is 0 Å². The predicted molar refractivity (Wildman–Crippen MR) is 75.3 cm³/mol. The summed E-state index contributed by atoms with van der Waals surface area (Å²) in [5, 5.41) is 0.243. The number of carbonyl (C=O) groups is 1. The van der Waals surface area contributed by atoms with E-state index < -0.39 is 18.6 Å². The van der Waals surface area contributed by atoms with Crippen molar-refractivity contribution in [1.29, 1.82) is 0 Å². The lowest BCUT2D eigenvalue weighted by atomic mass is 10.1. The zero-order chi connectivity index (χ0) is 16.0. The molecule has 118 valence electrons. The van der Waals surface area contributed by atoms with Crippen molar-refractivity contribution in [2.75, 3.05) is 32.6 Å². The van der Waals surface area contributed by atoms with Gasteiger partial charge in [-0.3, -0.25) is 4.79 Å². The minimum Gasteiger partial charge on any atom is -0.497 e. The monoisotopic (exact) mass is 369 g/mol. The molecule has 0 aliphatic carbocycles. The first-order valence-electron chi connectivity index (χ1n) is 5.96. The van der Waals surface area contributed by atoms with Gasteiger partial charge < -0.3 is 14.4 Å². The van der Waals surface area contributed by atoms with Crippen LogP contribution in [-0.4, -0.2) is 49.6 Å². The fraction of sp³-hybridized carbons (Fsp3) is 0.462. The van der Waals surface area contributed by atoms with Crippen molar-refractivity contribution in [3.05, 3.63) is 23.8 Å². The van der Waals surface area contributed by atoms with Gasteiger partial charge in [-0.2, -0.15) is 13.2 Å². The maximum Gasteiger partial charge on any atom is 0.406 e. The molecule has 4 nitrogen and oxygen atoms in total. The third-order valence-corrected chi connectivity index (χ3v) is 3.01. The number of benzene rings is 1. The van der Waals surface area contributed by atoms with Crippen LogP contribution in [0.25, 0.3) is 0 Å². The van der Waals surface area contributed by atoms with Crippen molar-refractivity contribution in [2.45, 2.75) is 6.18 Å². The predicted octanol–water partition coefficient (Wildman–Crippen LogP) is 3.10. The number of hydrogen-bond acceptors (Lipinski definition) is 3.